The molecule has 1 N–H and O–H groups in total. The van der Waals surface area contributed by atoms with Crippen molar-refractivity contribution < 1.29 is 19.1 Å². The first-order valence-electron chi connectivity index (χ1n) is 9.10. The van der Waals surface area contributed by atoms with Crippen LogP contribution in [0.5, 0.6) is 5.75 Å². The zero-order valence-electron chi connectivity index (χ0n) is 16.0. The van der Waals surface area contributed by atoms with E-state index in [9.17, 15) is 9.59 Å². The molecule has 6 nitrogen and oxygen atoms in total. The molecule has 0 bridgehead atoms. The number of amides is 1. The summed E-state index contributed by atoms with van der Waals surface area (Å²) in [5.41, 5.74) is 0.767. The van der Waals surface area contributed by atoms with Gasteiger partial charge in [-0.1, -0.05) is 65.7 Å². The molecule has 30 heavy (non-hydrogen) atoms. The Morgan fingerprint density at radius 2 is 1.70 bits per heavy atom. The molecular formula is C22H18Cl2N2O4. The number of anilines is 1. The summed E-state index contributed by atoms with van der Waals surface area (Å²) in [5, 5.41) is 2.91. The maximum atomic E-state index is 13.1. The highest BCUT2D eigenvalue weighted by Crippen LogP contribution is 2.28. The fraction of sp³-hybridized carbons (Fsp3) is 0.136. The van der Waals surface area contributed by atoms with Crippen LogP contribution in [-0.2, 0) is 9.53 Å². The van der Waals surface area contributed by atoms with E-state index in [-0.39, 0.29) is 15.9 Å². The number of carbonyl (C=O) groups is 2. The standard InChI is InChI=1S/C22H18Cl2N2O4/c1-2-29-17-11-7-6-10-16(17)25-21(27)20(14-8-4-3-5-9-14)30-22(28)19-15(23)12-13-18(24)26-19/h3-13,20H,2H2,1H3,(H,25,27). The molecule has 1 amide bonds. The summed E-state index contributed by atoms with van der Waals surface area (Å²) in [4.78, 5) is 29.7. The van der Waals surface area contributed by atoms with Crippen LogP contribution in [0.15, 0.2) is 66.7 Å². The van der Waals surface area contributed by atoms with E-state index in [0.29, 0.717) is 23.6 Å². The average Bonchev–Trinajstić information content (AvgIpc) is 2.75. The van der Waals surface area contributed by atoms with Gasteiger partial charge in [0, 0.05) is 5.56 Å². The minimum Gasteiger partial charge on any atom is -0.492 e. The number of pyridine rings is 1. The molecule has 1 unspecified atom stereocenters. The third-order valence-corrected chi connectivity index (χ3v) is 4.53. The van der Waals surface area contributed by atoms with Gasteiger partial charge in [0.05, 0.1) is 17.3 Å². The molecule has 0 radical (unpaired) electrons. The Labute approximate surface area is 183 Å². The first kappa shape index (κ1) is 21.6. The van der Waals surface area contributed by atoms with Gasteiger partial charge in [-0.25, -0.2) is 9.78 Å². The maximum Gasteiger partial charge on any atom is 0.359 e. The number of halogens is 2. The Hall–Kier alpha value is -3.09. The Bertz CT molecular complexity index is 1040. The Kier molecular flexibility index (Phi) is 7.27. The minimum absolute atomic E-state index is 0.0679. The third kappa shape index (κ3) is 5.28. The molecule has 0 aliphatic rings. The molecule has 0 aliphatic carbocycles. The summed E-state index contributed by atoms with van der Waals surface area (Å²) in [6, 6.07) is 18.5. The van der Waals surface area contributed by atoms with Crippen LogP contribution in [0.25, 0.3) is 0 Å². The van der Waals surface area contributed by atoms with Crippen molar-refractivity contribution >= 4 is 40.8 Å². The van der Waals surface area contributed by atoms with Crippen molar-refractivity contribution in [3.05, 3.63) is 88.2 Å². The molecule has 154 valence electrons. The average molecular weight is 445 g/mol. The summed E-state index contributed by atoms with van der Waals surface area (Å²) in [5.74, 6) is -0.921. The molecule has 2 aromatic carbocycles. The second-order valence-electron chi connectivity index (χ2n) is 6.08. The first-order chi connectivity index (χ1) is 14.5. The van der Waals surface area contributed by atoms with Gasteiger partial charge >= 0.3 is 5.97 Å². The van der Waals surface area contributed by atoms with E-state index in [2.05, 4.69) is 10.3 Å². The zero-order valence-corrected chi connectivity index (χ0v) is 17.5. The van der Waals surface area contributed by atoms with Crippen molar-refractivity contribution in [3.63, 3.8) is 0 Å². The minimum atomic E-state index is -1.25. The molecule has 1 heterocycles. The predicted octanol–water partition coefficient (Wildman–Crippen LogP) is 5.32. The summed E-state index contributed by atoms with van der Waals surface area (Å²) < 4.78 is 11.0. The number of rotatable bonds is 7. The lowest BCUT2D eigenvalue weighted by atomic mass is 10.1. The van der Waals surface area contributed by atoms with Crippen LogP contribution in [0.1, 0.15) is 29.1 Å². The monoisotopic (exact) mass is 444 g/mol. The van der Waals surface area contributed by atoms with E-state index in [1.807, 2.05) is 6.92 Å². The number of para-hydroxylation sites is 2. The van der Waals surface area contributed by atoms with E-state index in [1.165, 1.54) is 12.1 Å². The van der Waals surface area contributed by atoms with Gasteiger partial charge in [0.2, 0.25) is 6.10 Å². The van der Waals surface area contributed by atoms with Gasteiger partial charge in [-0.05, 0) is 31.2 Å². The van der Waals surface area contributed by atoms with E-state index in [1.54, 1.807) is 54.6 Å². The normalized spacial score (nSPS) is 11.4. The number of hydrogen-bond donors (Lipinski definition) is 1. The molecule has 0 spiro atoms. The van der Waals surface area contributed by atoms with Crippen LogP contribution in [0.4, 0.5) is 5.69 Å². The van der Waals surface area contributed by atoms with E-state index >= 15 is 0 Å². The highest BCUT2D eigenvalue weighted by atomic mass is 35.5. The summed E-state index contributed by atoms with van der Waals surface area (Å²) >= 11 is 11.9. The number of hydrogen-bond acceptors (Lipinski definition) is 5. The van der Waals surface area contributed by atoms with Gasteiger partial charge in [-0.15, -0.1) is 0 Å². The van der Waals surface area contributed by atoms with Gasteiger partial charge in [-0.3, -0.25) is 4.79 Å². The van der Waals surface area contributed by atoms with E-state index in [0.717, 1.165) is 0 Å². The van der Waals surface area contributed by atoms with Crippen LogP contribution < -0.4 is 10.1 Å². The topological polar surface area (TPSA) is 77.5 Å². The van der Waals surface area contributed by atoms with Crippen LogP contribution in [-0.4, -0.2) is 23.5 Å². The SMILES string of the molecule is CCOc1ccccc1NC(=O)C(OC(=O)c1nc(Cl)ccc1Cl)c1ccccc1. The maximum absolute atomic E-state index is 13.1. The number of benzene rings is 2. The lowest BCUT2D eigenvalue weighted by Gasteiger charge is -2.19. The Morgan fingerprint density at radius 1 is 1.00 bits per heavy atom. The molecule has 0 fully saturated rings. The number of aromatic nitrogens is 1. The second-order valence-corrected chi connectivity index (χ2v) is 6.87. The second kappa shape index (κ2) is 10.1. The predicted molar refractivity (Wildman–Crippen MR) is 115 cm³/mol. The van der Waals surface area contributed by atoms with Crippen molar-refractivity contribution in [2.24, 2.45) is 0 Å². The molecule has 1 aromatic heterocycles. The van der Waals surface area contributed by atoms with Crippen molar-refractivity contribution in [3.8, 4) is 5.75 Å². The molecule has 3 aromatic rings. The van der Waals surface area contributed by atoms with Crippen molar-refractivity contribution in [1.29, 1.82) is 0 Å². The van der Waals surface area contributed by atoms with E-state index in [4.69, 9.17) is 32.7 Å². The molecule has 0 saturated heterocycles. The number of nitrogens with zero attached hydrogens (tertiary/aromatic N) is 1. The lowest BCUT2D eigenvalue weighted by Crippen LogP contribution is -2.26. The molecule has 0 saturated carbocycles. The van der Waals surface area contributed by atoms with E-state index < -0.39 is 18.0 Å². The molecular weight excluding hydrogens is 427 g/mol. The molecule has 0 aliphatic heterocycles. The summed E-state index contributed by atoms with van der Waals surface area (Å²) in [7, 11) is 0. The van der Waals surface area contributed by atoms with Crippen LogP contribution in [0, 0.1) is 0 Å². The smallest absolute Gasteiger partial charge is 0.359 e. The Morgan fingerprint density at radius 3 is 2.43 bits per heavy atom. The number of esters is 1. The van der Waals surface area contributed by atoms with Gasteiger partial charge in [0.15, 0.2) is 5.69 Å². The number of nitrogens with one attached hydrogen (secondary N) is 1. The molecule has 8 heteroatoms. The lowest BCUT2D eigenvalue weighted by molar-refractivity contribution is -0.125. The first-order valence-corrected chi connectivity index (χ1v) is 9.86. The van der Waals surface area contributed by atoms with Crippen LogP contribution >= 0.6 is 23.2 Å². The number of ether oxygens (including phenoxy) is 2. The van der Waals surface area contributed by atoms with Crippen molar-refractivity contribution in [2.45, 2.75) is 13.0 Å². The highest BCUT2D eigenvalue weighted by molar-refractivity contribution is 6.34. The van der Waals surface area contributed by atoms with Crippen LogP contribution in [0.3, 0.4) is 0 Å². The highest BCUT2D eigenvalue weighted by Gasteiger charge is 2.28. The largest absolute Gasteiger partial charge is 0.492 e. The van der Waals surface area contributed by atoms with Crippen LogP contribution in [0.2, 0.25) is 10.2 Å². The van der Waals surface area contributed by atoms with Gasteiger partial charge < -0.3 is 14.8 Å². The molecule has 3 rings (SSSR count). The fourth-order valence-corrected chi connectivity index (χ4v) is 3.00. The third-order valence-electron chi connectivity index (χ3n) is 4.02. The zero-order chi connectivity index (χ0) is 21.5. The fourth-order valence-electron chi connectivity index (χ4n) is 2.67. The van der Waals surface area contributed by atoms with Crippen molar-refractivity contribution in [2.75, 3.05) is 11.9 Å². The Balaban J connectivity index is 1.89. The summed E-state index contributed by atoms with van der Waals surface area (Å²) in [6.07, 6.45) is -1.25. The van der Waals surface area contributed by atoms with Crippen molar-refractivity contribution in [1.82, 2.24) is 4.98 Å². The number of carbonyl (C=O) groups excluding carboxylic acids is 2. The quantitative estimate of drug-likeness (QED) is 0.393. The van der Waals surface area contributed by atoms with Gasteiger partial charge in [-0.2, -0.15) is 0 Å². The summed E-state index contributed by atoms with van der Waals surface area (Å²) in [6.45, 7) is 2.28. The molecule has 1 atom stereocenters. The van der Waals surface area contributed by atoms with Gasteiger partial charge in [0.1, 0.15) is 10.9 Å². The van der Waals surface area contributed by atoms with Gasteiger partial charge in [0.25, 0.3) is 5.91 Å².